The van der Waals surface area contributed by atoms with E-state index in [9.17, 15) is 0 Å². The summed E-state index contributed by atoms with van der Waals surface area (Å²) in [6.45, 7) is 5.32. The molecule has 0 saturated carbocycles. The fraction of sp³-hybridized carbons (Fsp3) is 0.333. The van der Waals surface area contributed by atoms with Crippen molar-refractivity contribution in [1.29, 1.82) is 0 Å². The molecule has 0 spiro atoms. The molecule has 1 aromatic heterocycles. The molecule has 2 aromatic rings. The average molecular weight is 529 g/mol. The second-order valence-corrected chi connectivity index (χ2v) is 9.21. The van der Waals surface area contributed by atoms with E-state index in [4.69, 9.17) is 0 Å². The molecule has 1 atom stereocenters. The maximum absolute atomic E-state index is 3.72. The Hall–Kier alpha value is 0.570. The molecular formula is C15H16Br2INS. The minimum Gasteiger partial charge on any atom is -0.306 e. The van der Waals surface area contributed by atoms with Gasteiger partial charge in [-0.15, -0.1) is 11.3 Å². The molecule has 1 aromatic carbocycles. The van der Waals surface area contributed by atoms with Gasteiger partial charge in [-0.2, -0.15) is 0 Å². The number of nitrogens with one attached hydrogen (secondary N) is 1. The lowest BCUT2D eigenvalue weighted by Gasteiger charge is -2.20. The van der Waals surface area contributed by atoms with E-state index in [2.05, 4.69) is 97.2 Å². The lowest BCUT2D eigenvalue weighted by atomic mass is 10.00. The molecule has 0 aliphatic heterocycles. The molecular weight excluding hydrogens is 513 g/mol. The van der Waals surface area contributed by atoms with Crippen LogP contribution in [0.1, 0.15) is 36.1 Å². The number of hydrogen-bond acceptors (Lipinski definition) is 2. The van der Waals surface area contributed by atoms with Crippen molar-refractivity contribution < 1.29 is 0 Å². The van der Waals surface area contributed by atoms with Crippen LogP contribution in [0.5, 0.6) is 0 Å². The van der Waals surface area contributed by atoms with Gasteiger partial charge in [0.05, 0.1) is 8.93 Å². The van der Waals surface area contributed by atoms with Crippen LogP contribution in [0.3, 0.4) is 0 Å². The number of benzene rings is 1. The lowest BCUT2D eigenvalue weighted by molar-refractivity contribution is 0.598. The molecule has 20 heavy (non-hydrogen) atoms. The lowest BCUT2D eigenvalue weighted by Crippen LogP contribution is -2.23. The highest BCUT2D eigenvalue weighted by Crippen LogP contribution is 2.34. The first-order valence-electron chi connectivity index (χ1n) is 6.45. The summed E-state index contributed by atoms with van der Waals surface area (Å²) in [5.74, 6) is 0. The Balaban J connectivity index is 2.43. The largest absolute Gasteiger partial charge is 0.306 e. The molecule has 1 unspecified atom stereocenters. The van der Waals surface area contributed by atoms with E-state index >= 15 is 0 Å². The quantitative estimate of drug-likeness (QED) is 0.451. The predicted molar refractivity (Wildman–Crippen MR) is 104 cm³/mol. The molecule has 0 amide bonds. The summed E-state index contributed by atoms with van der Waals surface area (Å²) in [4.78, 5) is 0. The van der Waals surface area contributed by atoms with Crippen LogP contribution >= 0.6 is 65.8 Å². The van der Waals surface area contributed by atoms with Crippen LogP contribution in [0, 0.1) is 9.81 Å². The molecule has 5 heteroatoms. The molecule has 0 aliphatic rings. The van der Waals surface area contributed by atoms with E-state index in [1.807, 2.05) is 0 Å². The van der Waals surface area contributed by atoms with E-state index < -0.39 is 0 Å². The average Bonchev–Trinajstić information content (AvgIpc) is 2.82. The molecule has 0 radical (unpaired) electrons. The fourth-order valence-electron chi connectivity index (χ4n) is 2.05. The van der Waals surface area contributed by atoms with Gasteiger partial charge in [0.15, 0.2) is 0 Å². The molecule has 1 heterocycles. The Kier molecular flexibility index (Phi) is 6.53. The van der Waals surface area contributed by atoms with Crippen molar-refractivity contribution in [2.75, 3.05) is 6.54 Å². The summed E-state index contributed by atoms with van der Waals surface area (Å²) in [5.41, 5.74) is 3.86. The van der Waals surface area contributed by atoms with Gasteiger partial charge in [0, 0.05) is 8.95 Å². The van der Waals surface area contributed by atoms with Crippen molar-refractivity contribution in [1.82, 2.24) is 5.32 Å². The maximum atomic E-state index is 3.72. The standard InChI is InChI=1S/C15H16Br2INS/c1-3-4-19-15(10-6-14(18)20-8-10)11-7-12(16)9(2)5-13(11)17/h5-8,15,19H,3-4H2,1-2H3. The summed E-state index contributed by atoms with van der Waals surface area (Å²) in [6.07, 6.45) is 1.13. The Morgan fingerprint density at radius 3 is 2.60 bits per heavy atom. The van der Waals surface area contributed by atoms with Crippen molar-refractivity contribution in [3.05, 3.63) is 52.1 Å². The SMILES string of the molecule is CCCNC(c1csc(I)c1)c1cc(Br)c(C)cc1Br. The van der Waals surface area contributed by atoms with E-state index in [0.29, 0.717) is 0 Å². The number of thiophene rings is 1. The zero-order valence-electron chi connectivity index (χ0n) is 11.3. The highest BCUT2D eigenvalue weighted by Gasteiger charge is 2.18. The van der Waals surface area contributed by atoms with Gasteiger partial charge >= 0.3 is 0 Å². The zero-order chi connectivity index (χ0) is 14.7. The molecule has 0 saturated heterocycles. The second kappa shape index (κ2) is 7.72. The van der Waals surface area contributed by atoms with Crippen molar-refractivity contribution in [2.45, 2.75) is 26.3 Å². The van der Waals surface area contributed by atoms with Crippen LogP contribution in [0.15, 0.2) is 32.5 Å². The fourth-order valence-corrected chi connectivity index (χ4v) is 4.50. The van der Waals surface area contributed by atoms with Crippen molar-refractivity contribution in [3.63, 3.8) is 0 Å². The van der Waals surface area contributed by atoms with E-state index in [1.165, 1.54) is 19.6 Å². The van der Waals surface area contributed by atoms with Crippen molar-refractivity contribution in [3.8, 4) is 0 Å². The van der Waals surface area contributed by atoms with Crippen LogP contribution in [-0.4, -0.2) is 6.54 Å². The third-order valence-electron chi connectivity index (χ3n) is 3.11. The van der Waals surface area contributed by atoms with Gasteiger partial charge < -0.3 is 5.32 Å². The summed E-state index contributed by atoms with van der Waals surface area (Å²) in [7, 11) is 0. The van der Waals surface area contributed by atoms with Gasteiger partial charge in [-0.25, -0.2) is 0 Å². The molecule has 0 bridgehead atoms. The predicted octanol–water partition coefficient (Wildman–Crippen LogP) is 6.28. The van der Waals surface area contributed by atoms with Gasteiger partial charge in [-0.05, 0) is 82.7 Å². The van der Waals surface area contributed by atoms with E-state index in [0.717, 1.165) is 21.9 Å². The minimum absolute atomic E-state index is 0.237. The highest BCUT2D eigenvalue weighted by molar-refractivity contribution is 14.1. The monoisotopic (exact) mass is 527 g/mol. The van der Waals surface area contributed by atoms with Gasteiger partial charge in [-0.1, -0.05) is 38.8 Å². The van der Waals surface area contributed by atoms with Crippen LogP contribution in [-0.2, 0) is 0 Å². The van der Waals surface area contributed by atoms with Crippen molar-refractivity contribution >= 4 is 65.8 Å². The molecule has 0 aliphatic carbocycles. The van der Waals surface area contributed by atoms with Gasteiger partial charge in [0.25, 0.3) is 0 Å². The number of hydrogen-bond donors (Lipinski definition) is 1. The summed E-state index contributed by atoms with van der Waals surface area (Å²) < 4.78 is 3.64. The van der Waals surface area contributed by atoms with Crippen molar-refractivity contribution in [2.24, 2.45) is 0 Å². The van der Waals surface area contributed by atoms with E-state index in [1.54, 1.807) is 11.3 Å². The smallest absolute Gasteiger partial charge is 0.0656 e. The number of rotatable bonds is 5. The first-order valence-corrected chi connectivity index (χ1v) is 10.00. The van der Waals surface area contributed by atoms with Crippen LogP contribution < -0.4 is 5.32 Å². The maximum Gasteiger partial charge on any atom is 0.0656 e. The topological polar surface area (TPSA) is 12.0 Å². The Bertz CT molecular complexity index is 598. The van der Waals surface area contributed by atoms with Crippen LogP contribution in [0.2, 0.25) is 0 Å². The Morgan fingerprint density at radius 2 is 2.00 bits per heavy atom. The third-order valence-corrected chi connectivity index (χ3v) is 6.46. The molecule has 0 fully saturated rings. The summed E-state index contributed by atoms with van der Waals surface area (Å²) in [6, 6.07) is 6.90. The minimum atomic E-state index is 0.237. The molecule has 1 nitrogen and oxygen atoms in total. The van der Waals surface area contributed by atoms with Gasteiger partial charge in [0.1, 0.15) is 0 Å². The molecule has 2 rings (SSSR count). The second-order valence-electron chi connectivity index (χ2n) is 4.69. The zero-order valence-corrected chi connectivity index (χ0v) is 17.5. The first kappa shape index (κ1) is 16.9. The summed E-state index contributed by atoms with van der Waals surface area (Å²) in [5, 5.41) is 5.90. The normalized spacial score (nSPS) is 12.7. The number of halogens is 3. The van der Waals surface area contributed by atoms with E-state index in [-0.39, 0.29) is 6.04 Å². The Labute approximate surface area is 155 Å². The van der Waals surface area contributed by atoms with Crippen LogP contribution in [0.25, 0.3) is 0 Å². The highest BCUT2D eigenvalue weighted by atomic mass is 127. The Morgan fingerprint density at radius 1 is 1.25 bits per heavy atom. The van der Waals surface area contributed by atoms with Gasteiger partial charge in [0.2, 0.25) is 0 Å². The molecule has 108 valence electrons. The molecule has 1 N–H and O–H groups in total. The summed E-state index contributed by atoms with van der Waals surface area (Å²) >= 11 is 11.5. The number of aryl methyl sites for hydroxylation is 1. The van der Waals surface area contributed by atoms with Gasteiger partial charge in [-0.3, -0.25) is 0 Å². The first-order chi connectivity index (χ1) is 9.52. The third kappa shape index (κ3) is 4.06. The van der Waals surface area contributed by atoms with Crippen LogP contribution in [0.4, 0.5) is 0 Å².